The minimum Gasteiger partial charge on any atom is -0.454 e. The Morgan fingerprint density at radius 2 is 1.76 bits per heavy atom. The van der Waals surface area contributed by atoms with Gasteiger partial charge in [0.25, 0.3) is 5.91 Å². The lowest BCUT2D eigenvalue weighted by molar-refractivity contribution is -0.117. The fourth-order valence-electron chi connectivity index (χ4n) is 3.66. The maximum Gasteiger partial charge on any atom is 0.254 e. The fraction of sp³-hybridized carbons (Fsp3) is 0.364. The second-order valence-corrected chi connectivity index (χ2v) is 7.20. The third kappa shape index (κ3) is 4.35. The summed E-state index contributed by atoms with van der Waals surface area (Å²) in [5, 5.41) is 3.01. The van der Waals surface area contributed by atoms with Gasteiger partial charge in [0.05, 0.1) is 6.54 Å². The van der Waals surface area contributed by atoms with Crippen LogP contribution in [0.15, 0.2) is 42.5 Å². The number of hydrogen-bond donors (Lipinski definition) is 1. The molecular formula is C22H25N3O4. The molecule has 29 heavy (non-hydrogen) atoms. The van der Waals surface area contributed by atoms with Gasteiger partial charge in [-0.2, -0.15) is 0 Å². The molecule has 0 atom stereocenters. The number of anilines is 1. The standard InChI is InChI=1S/C22H25N3O4/c1-2-16-5-3-4-6-18(16)23-21(26)14-24-9-11-25(12-10-24)22(27)17-7-8-19-20(13-17)29-15-28-19/h3-8,13H,2,9-12,14-15H2,1H3,(H,23,26). The van der Waals surface area contributed by atoms with E-state index < -0.39 is 0 Å². The van der Waals surface area contributed by atoms with Gasteiger partial charge in [0.2, 0.25) is 12.7 Å². The number of benzene rings is 2. The molecule has 1 fully saturated rings. The zero-order valence-electron chi connectivity index (χ0n) is 16.5. The van der Waals surface area contributed by atoms with Crippen LogP contribution in [0.5, 0.6) is 11.5 Å². The van der Waals surface area contributed by atoms with Crippen LogP contribution in [-0.2, 0) is 11.2 Å². The van der Waals surface area contributed by atoms with E-state index in [0.29, 0.717) is 49.8 Å². The minimum atomic E-state index is -0.0264. The van der Waals surface area contributed by atoms with Crippen LogP contribution < -0.4 is 14.8 Å². The first-order valence-electron chi connectivity index (χ1n) is 9.93. The first kappa shape index (κ1) is 19.3. The number of nitrogens with zero attached hydrogens (tertiary/aromatic N) is 2. The van der Waals surface area contributed by atoms with E-state index in [2.05, 4.69) is 17.1 Å². The van der Waals surface area contributed by atoms with Crippen molar-refractivity contribution in [2.24, 2.45) is 0 Å². The molecule has 152 valence electrons. The van der Waals surface area contributed by atoms with Crippen LogP contribution in [-0.4, -0.2) is 61.1 Å². The number of ether oxygens (including phenoxy) is 2. The van der Waals surface area contributed by atoms with Crippen LogP contribution >= 0.6 is 0 Å². The van der Waals surface area contributed by atoms with Crippen LogP contribution in [0.3, 0.4) is 0 Å². The number of aryl methyl sites for hydroxylation is 1. The van der Waals surface area contributed by atoms with Gasteiger partial charge in [0.1, 0.15) is 0 Å². The quantitative estimate of drug-likeness (QED) is 0.842. The lowest BCUT2D eigenvalue weighted by Gasteiger charge is -2.34. The summed E-state index contributed by atoms with van der Waals surface area (Å²) in [6, 6.07) is 13.1. The number of carbonyl (C=O) groups is 2. The molecule has 2 aromatic rings. The van der Waals surface area contributed by atoms with Crippen molar-refractivity contribution in [2.75, 3.05) is 44.8 Å². The van der Waals surface area contributed by atoms with Crippen molar-refractivity contribution in [1.82, 2.24) is 9.80 Å². The van der Waals surface area contributed by atoms with Gasteiger partial charge in [-0.25, -0.2) is 0 Å². The number of para-hydroxylation sites is 1. The van der Waals surface area contributed by atoms with Crippen LogP contribution in [0, 0.1) is 0 Å². The number of amides is 2. The van der Waals surface area contributed by atoms with Gasteiger partial charge in [-0.3, -0.25) is 14.5 Å². The number of nitrogens with one attached hydrogen (secondary N) is 1. The lowest BCUT2D eigenvalue weighted by atomic mass is 10.1. The number of piperazine rings is 1. The van der Waals surface area contributed by atoms with Crippen molar-refractivity contribution in [3.63, 3.8) is 0 Å². The van der Waals surface area contributed by atoms with Crippen molar-refractivity contribution >= 4 is 17.5 Å². The van der Waals surface area contributed by atoms with E-state index in [1.54, 1.807) is 18.2 Å². The lowest BCUT2D eigenvalue weighted by Crippen LogP contribution is -2.50. The summed E-state index contributed by atoms with van der Waals surface area (Å²) in [6.45, 7) is 5.10. The van der Waals surface area contributed by atoms with E-state index in [9.17, 15) is 9.59 Å². The second-order valence-electron chi connectivity index (χ2n) is 7.20. The second kappa shape index (κ2) is 8.53. The Bertz CT molecular complexity index is 907. The summed E-state index contributed by atoms with van der Waals surface area (Å²) in [7, 11) is 0. The first-order valence-corrected chi connectivity index (χ1v) is 9.93. The molecule has 0 aromatic heterocycles. The molecule has 2 amide bonds. The predicted octanol–water partition coefficient (Wildman–Crippen LogP) is 2.37. The maximum atomic E-state index is 12.8. The average Bonchev–Trinajstić information content (AvgIpc) is 3.22. The maximum absolute atomic E-state index is 12.8. The molecule has 0 bridgehead atoms. The Morgan fingerprint density at radius 3 is 2.55 bits per heavy atom. The smallest absolute Gasteiger partial charge is 0.254 e. The summed E-state index contributed by atoms with van der Waals surface area (Å²) in [5.41, 5.74) is 2.59. The highest BCUT2D eigenvalue weighted by Gasteiger charge is 2.25. The Morgan fingerprint density at radius 1 is 1.00 bits per heavy atom. The molecule has 1 N–H and O–H groups in total. The topological polar surface area (TPSA) is 71.1 Å². The summed E-state index contributed by atoms with van der Waals surface area (Å²) < 4.78 is 10.7. The highest BCUT2D eigenvalue weighted by atomic mass is 16.7. The van der Waals surface area contributed by atoms with Crippen molar-refractivity contribution in [2.45, 2.75) is 13.3 Å². The predicted molar refractivity (Wildman–Crippen MR) is 109 cm³/mol. The molecule has 2 heterocycles. The molecular weight excluding hydrogens is 370 g/mol. The van der Waals surface area contributed by atoms with Crippen LogP contribution in [0.2, 0.25) is 0 Å². The van der Waals surface area contributed by atoms with Gasteiger partial charge in [0.15, 0.2) is 11.5 Å². The molecule has 2 aromatic carbocycles. The summed E-state index contributed by atoms with van der Waals surface area (Å²) in [4.78, 5) is 29.1. The van der Waals surface area contributed by atoms with Crippen molar-refractivity contribution in [3.8, 4) is 11.5 Å². The van der Waals surface area contributed by atoms with E-state index >= 15 is 0 Å². The fourth-order valence-corrected chi connectivity index (χ4v) is 3.66. The van der Waals surface area contributed by atoms with E-state index in [-0.39, 0.29) is 18.6 Å². The molecule has 0 spiro atoms. The summed E-state index contributed by atoms with van der Waals surface area (Å²) in [5.74, 6) is 1.23. The molecule has 0 radical (unpaired) electrons. The normalized spacial score (nSPS) is 16.0. The monoisotopic (exact) mass is 395 g/mol. The Balaban J connectivity index is 1.29. The van der Waals surface area contributed by atoms with Crippen LogP contribution in [0.1, 0.15) is 22.8 Å². The highest BCUT2D eigenvalue weighted by molar-refractivity contribution is 5.95. The molecule has 2 aliphatic heterocycles. The first-order chi connectivity index (χ1) is 14.1. The Labute approximate surface area is 170 Å². The van der Waals surface area contributed by atoms with Gasteiger partial charge in [0, 0.05) is 37.4 Å². The van der Waals surface area contributed by atoms with Crippen LogP contribution in [0.4, 0.5) is 5.69 Å². The molecule has 0 aliphatic carbocycles. The third-order valence-corrected chi connectivity index (χ3v) is 5.32. The number of carbonyl (C=O) groups excluding carboxylic acids is 2. The summed E-state index contributed by atoms with van der Waals surface area (Å²) >= 11 is 0. The molecule has 0 unspecified atom stereocenters. The van der Waals surface area contributed by atoms with E-state index in [0.717, 1.165) is 17.7 Å². The molecule has 1 saturated heterocycles. The van der Waals surface area contributed by atoms with E-state index in [1.807, 2.05) is 29.2 Å². The van der Waals surface area contributed by atoms with Crippen LogP contribution in [0.25, 0.3) is 0 Å². The SMILES string of the molecule is CCc1ccccc1NC(=O)CN1CCN(C(=O)c2ccc3c(c2)OCO3)CC1. The molecule has 7 heteroatoms. The third-order valence-electron chi connectivity index (χ3n) is 5.32. The number of fused-ring (bicyclic) bond motifs is 1. The zero-order chi connectivity index (χ0) is 20.2. The number of hydrogen-bond acceptors (Lipinski definition) is 5. The Hall–Kier alpha value is -3.06. The minimum absolute atomic E-state index is 0.0238. The average molecular weight is 395 g/mol. The van der Waals surface area contributed by atoms with Gasteiger partial charge in [-0.1, -0.05) is 25.1 Å². The molecule has 4 rings (SSSR count). The van der Waals surface area contributed by atoms with Gasteiger partial charge < -0.3 is 19.7 Å². The number of rotatable bonds is 5. The van der Waals surface area contributed by atoms with E-state index in [4.69, 9.17) is 9.47 Å². The summed E-state index contributed by atoms with van der Waals surface area (Å²) in [6.07, 6.45) is 0.872. The largest absolute Gasteiger partial charge is 0.454 e. The Kier molecular flexibility index (Phi) is 5.67. The van der Waals surface area contributed by atoms with Gasteiger partial charge >= 0.3 is 0 Å². The molecule has 0 saturated carbocycles. The van der Waals surface area contributed by atoms with Crippen molar-refractivity contribution in [1.29, 1.82) is 0 Å². The molecule has 2 aliphatic rings. The zero-order valence-corrected chi connectivity index (χ0v) is 16.5. The molecule has 7 nitrogen and oxygen atoms in total. The van der Waals surface area contributed by atoms with Crippen molar-refractivity contribution < 1.29 is 19.1 Å². The van der Waals surface area contributed by atoms with Gasteiger partial charge in [-0.05, 0) is 36.2 Å². The highest BCUT2D eigenvalue weighted by Crippen LogP contribution is 2.32. The van der Waals surface area contributed by atoms with E-state index in [1.165, 1.54) is 0 Å². The van der Waals surface area contributed by atoms with Crippen molar-refractivity contribution in [3.05, 3.63) is 53.6 Å². The van der Waals surface area contributed by atoms with Gasteiger partial charge in [-0.15, -0.1) is 0 Å².